The van der Waals surface area contributed by atoms with Crippen LogP contribution in [0.3, 0.4) is 0 Å². The minimum atomic E-state index is -0.713. The lowest BCUT2D eigenvalue weighted by Crippen LogP contribution is -2.35. The van der Waals surface area contributed by atoms with E-state index in [0.717, 1.165) is 5.56 Å². The number of benzene rings is 2. The molecule has 0 aromatic heterocycles. The van der Waals surface area contributed by atoms with E-state index in [1.165, 1.54) is 24.3 Å². The van der Waals surface area contributed by atoms with Crippen molar-refractivity contribution >= 4 is 23.4 Å². The lowest BCUT2D eigenvalue weighted by Gasteiger charge is -2.12. The molecule has 0 heterocycles. The van der Waals surface area contributed by atoms with E-state index in [2.05, 4.69) is 10.6 Å². The van der Waals surface area contributed by atoms with Gasteiger partial charge in [0.1, 0.15) is 6.61 Å². The van der Waals surface area contributed by atoms with Crippen LogP contribution in [0.25, 0.3) is 0 Å². The van der Waals surface area contributed by atoms with Gasteiger partial charge in [0, 0.05) is 24.4 Å². The van der Waals surface area contributed by atoms with Gasteiger partial charge < -0.3 is 21.1 Å². The Balaban J connectivity index is 1.58. The molecular weight excluding hydrogens is 376 g/mol. The maximum atomic E-state index is 12.1. The van der Waals surface area contributed by atoms with Crippen LogP contribution < -0.4 is 16.4 Å². The first-order chi connectivity index (χ1) is 14.0. The van der Waals surface area contributed by atoms with Gasteiger partial charge in [0.25, 0.3) is 5.69 Å². The van der Waals surface area contributed by atoms with Gasteiger partial charge in [-0.2, -0.15) is 0 Å². The zero-order valence-electron chi connectivity index (χ0n) is 15.9. The van der Waals surface area contributed by atoms with Crippen molar-refractivity contribution in [3.63, 3.8) is 0 Å². The number of unbranched alkanes of at least 4 members (excludes halogenated alkanes) is 1. The SMILES string of the molecule is NC(CCCCNC(=O)OCc1ccccc1)C(=O)Nc1ccc([N+](=O)[O-])cc1. The fraction of sp³-hybridized carbons (Fsp3) is 0.300. The smallest absolute Gasteiger partial charge is 0.407 e. The number of alkyl carbamates (subject to hydrolysis) is 1. The number of ether oxygens (including phenoxy) is 1. The second-order valence-corrected chi connectivity index (χ2v) is 6.38. The number of hydrogen-bond acceptors (Lipinski definition) is 6. The maximum absolute atomic E-state index is 12.1. The molecule has 1 unspecified atom stereocenters. The predicted molar refractivity (Wildman–Crippen MR) is 108 cm³/mol. The largest absolute Gasteiger partial charge is 0.445 e. The van der Waals surface area contributed by atoms with Crippen LogP contribution in [0.15, 0.2) is 54.6 Å². The molecule has 4 N–H and O–H groups in total. The lowest BCUT2D eigenvalue weighted by atomic mass is 10.1. The molecule has 2 rings (SSSR count). The van der Waals surface area contributed by atoms with Crippen LogP contribution in [-0.4, -0.2) is 29.5 Å². The standard InChI is InChI=1S/C20H24N4O5/c21-18(19(25)23-16-9-11-17(12-10-16)24(27)28)8-4-5-13-22-20(26)29-14-15-6-2-1-3-7-15/h1-3,6-7,9-12,18H,4-5,8,13-14,21H2,(H,22,26)(H,23,25). The summed E-state index contributed by atoms with van der Waals surface area (Å²) in [5.41, 5.74) is 7.16. The molecule has 0 fully saturated rings. The summed E-state index contributed by atoms with van der Waals surface area (Å²) >= 11 is 0. The molecule has 0 radical (unpaired) electrons. The van der Waals surface area contributed by atoms with E-state index in [4.69, 9.17) is 10.5 Å². The van der Waals surface area contributed by atoms with Crippen LogP contribution in [0.5, 0.6) is 0 Å². The summed E-state index contributed by atoms with van der Waals surface area (Å²) in [6, 6.07) is 14.2. The number of nitro benzene ring substituents is 1. The van der Waals surface area contributed by atoms with Crippen LogP contribution in [0.1, 0.15) is 24.8 Å². The Morgan fingerprint density at radius 3 is 2.41 bits per heavy atom. The summed E-state index contributed by atoms with van der Waals surface area (Å²) in [5, 5.41) is 15.9. The average molecular weight is 400 g/mol. The highest BCUT2D eigenvalue weighted by molar-refractivity contribution is 5.94. The third-order valence-electron chi connectivity index (χ3n) is 4.11. The third-order valence-corrected chi connectivity index (χ3v) is 4.11. The fourth-order valence-corrected chi connectivity index (χ4v) is 2.49. The number of amides is 2. The second kappa shape index (κ2) is 11.4. The fourth-order valence-electron chi connectivity index (χ4n) is 2.49. The van der Waals surface area contributed by atoms with E-state index in [1.54, 1.807) is 0 Å². The van der Waals surface area contributed by atoms with Gasteiger partial charge in [0.05, 0.1) is 11.0 Å². The van der Waals surface area contributed by atoms with Gasteiger partial charge in [-0.1, -0.05) is 30.3 Å². The molecule has 9 nitrogen and oxygen atoms in total. The van der Waals surface area contributed by atoms with Gasteiger partial charge in [-0.3, -0.25) is 14.9 Å². The second-order valence-electron chi connectivity index (χ2n) is 6.38. The van der Waals surface area contributed by atoms with E-state index in [9.17, 15) is 19.7 Å². The Labute approximate surface area is 168 Å². The summed E-state index contributed by atoms with van der Waals surface area (Å²) in [6.45, 7) is 0.630. The highest BCUT2D eigenvalue weighted by Crippen LogP contribution is 2.15. The summed E-state index contributed by atoms with van der Waals surface area (Å²) < 4.78 is 5.10. The van der Waals surface area contributed by atoms with Crippen LogP contribution in [-0.2, 0) is 16.1 Å². The molecule has 9 heteroatoms. The quantitative estimate of drug-likeness (QED) is 0.319. The van der Waals surface area contributed by atoms with Gasteiger partial charge in [-0.15, -0.1) is 0 Å². The zero-order valence-corrected chi connectivity index (χ0v) is 15.9. The molecule has 0 aliphatic heterocycles. The number of non-ortho nitro benzene ring substituents is 1. The summed E-state index contributed by atoms with van der Waals surface area (Å²) in [5.74, 6) is -0.367. The summed E-state index contributed by atoms with van der Waals surface area (Å²) in [6.07, 6.45) is 1.25. The number of nitrogens with one attached hydrogen (secondary N) is 2. The Morgan fingerprint density at radius 1 is 1.07 bits per heavy atom. The molecule has 0 spiro atoms. The molecule has 0 bridgehead atoms. The maximum Gasteiger partial charge on any atom is 0.407 e. The molecule has 1 atom stereocenters. The van der Waals surface area contributed by atoms with Gasteiger partial charge in [-0.25, -0.2) is 4.79 Å². The van der Waals surface area contributed by atoms with Crippen molar-refractivity contribution in [2.45, 2.75) is 31.9 Å². The normalized spacial score (nSPS) is 11.3. The van der Waals surface area contributed by atoms with Crippen LogP contribution in [0.2, 0.25) is 0 Å². The van der Waals surface area contributed by atoms with Crippen molar-refractivity contribution < 1.29 is 19.2 Å². The highest BCUT2D eigenvalue weighted by Gasteiger charge is 2.14. The third kappa shape index (κ3) is 7.97. The molecule has 0 saturated carbocycles. The van der Waals surface area contributed by atoms with Crippen LogP contribution in [0.4, 0.5) is 16.2 Å². The van der Waals surface area contributed by atoms with Crippen LogP contribution in [0, 0.1) is 10.1 Å². The molecule has 2 aromatic carbocycles. The summed E-state index contributed by atoms with van der Waals surface area (Å²) in [7, 11) is 0. The molecule has 2 amide bonds. The molecule has 154 valence electrons. The molecule has 0 aliphatic carbocycles. The number of nitro groups is 1. The number of carbonyl (C=O) groups is 2. The molecule has 0 saturated heterocycles. The van der Waals surface area contributed by atoms with E-state index in [1.807, 2.05) is 30.3 Å². The van der Waals surface area contributed by atoms with Gasteiger partial charge in [-0.05, 0) is 37.0 Å². The van der Waals surface area contributed by atoms with Crippen molar-refractivity contribution in [3.05, 3.63) is 70.3 Å². The minimum absolute atomic E-state index is 0.0536. The number of rotatable bonds is 10. The Morgan fingerprint density at radius 2 is 1.76 bits per heavy atom. The number of carbonyl (C=O) groups excluding carboxylic acids is 2. The Bertz CT molecular complexity index is 811. The highest BCUT2D eigenvalue weighted by atomic mass is 16.6. The van der Waals surface area contributed by atoms with E-state index >= 15 is 0 Å². The number of anilines is 1. The molecule has 0 aliphatic rings. The molecule has 29 heavy (non-hydrogen) atoms. The van der Waals surface area contributed by atoms with E-state index in [0.29, 0.717) is 31.5 Å². The molecular formula is C20H24N4O5. The van der Waals surface area contributed by atoms with Crippen molar-refractivity contribution in [2.75, 3.05) is 11.9 Å². The number of nitrogens with zero attached hydrogens (tertiary/aromatic N) is 1. The van der Waals surface area contributed by atoms with Crippen molar-refractivity contribution in [1.82, 2.24) is 5.32 Å². The summed E-state index contributed by atoms with van der Waals surface area (Å²) in [4.78, 5) is 33.8. The van der Waals surface area contributed by atoms with E-state index < -0.39 is 17.1 Å². The number of nitrogens with two attached hydrogens (primary N) is 1. The zero-order chi connectivity index (χ0) is 21.1. The molecule has 2 aromatic rings. The first-order valence-corrected chi connectivity index (χ1v) is 9.21. The van der Waals surface area contributed by atoms with Gasteiger partial charge in [0.2, 0.25) is 5.91 Å². The van der Waals surface area contributed by atoms with Crippen molar-refractivity contribution in [1.29, 1.82) is 0 Å². The lowest BCUT2D eigenvalue weighted by molar-refractivity contribution is -0.384. The Kier molecular flexibility index (Phi) is 8.58. The van der Waals surface area contributed by atoms with E-state index in [-0.39, 0.29) is 18.2 Å². The van der Waals surface area contributed by atoms with Gasteiger partial charge >= 0.3 is 6.09 Å². The number of hydrogen-bond donors (Lipinski definition) is 3. The van der Waals surface area contributed by atoms with Crippen LogP contribution >= 0.6 is 0 Å². The van der Waals surface area contributed by atoms with Crippen molar-refractivity contribution in [3.8, 4) is 0 Å². The average Bonchev–Trinajstić information content (AvgIpc) is 2.73. The van der Waals surface area contributed by atoms with Crippen molar-refractivity contribution in [2.24, 2.45) is 5.73 Å². The Hall–Kier alpha value is -3.46. The minimum Gasteiger partial charge on any atom is -0.445 e. The monoisotopic (exact) mass is 400 g/mol. The van der Waals surface area contributed by atoms with Gasteiger partial charge in [0.15, 0.2) is 0 Å². The topological polar surface area (TPSA) is 137 Å². The first kappa shape index (κ1) is 21.8. The first-order valence-electron chi connectivity index (χ1n) is 9.21. The predicted octanol–water partition coefficient (Wildman–Crippen LogP) is 2.96.